The zero-order valence-corrected chi connectivity index (χ0v) is 9.97. The third kappa shape index (κ3) is 1.08. The summed E-state index contributed by atoms with van der Waals surface area (Å²) in [5.41, 5.74) is 1.72. The largest absolute Gasteiger partial charge is 0.358 e. The van der Waals surface area contributed by atoms with Gasteiger partial charge in [0.05, 0.1) is 11.4 Å². The lowest BCUT2D eigenvalue weighted by Gasteiger charge is -2.36. The van der Waals surface area contributed by atoms with Crippen LogP contribution in [0.15, 0.2) is 22.7 Å². The van der Waals surface area contributed by atoms with Crippen LogP contribution in [0.2, 0.25) is 0 Å². The maximum atomic E-state index is 11.9. The Labute approximate surface area is 96.6 Å². The molecule has 0 unspecified atom stereocenters. The Morgan fingerprint density at radius 1 is 1.47 bits per heavy atom. The van der Waals surface area contributed by atoms with E-state index in [4.69, 9.17) is 0 Å². The minimum absolute atomic E-state index is 0.135. The maximum absolute atomic E-state index is 11.9. The van der Waals surface area contributed by atoms with Crippen LogP contribution >= 0.6 is 15.9 Å². The van der Waals surface area contributed by atoms with Gasteiger partial charge in [0.15, 0.2) is 0 Å². The quantitative estimate of drug-likeness (QED) is 0.782. The van der Waals surface area contributed by atoms with Crippen LogP contribution in [-0.2, 0) is 4.79 Å². The molecule has 0 aromatic heterocycles. The molecule has 1 saturated carbocycles. The van der Waals surface area contributed by atoms with E-state index in [-0.39, 0.29) is 11.4 Å². The summed E-state index contributed by atoms with van der Waals surface area (Å²) in [5, 5.41) is 2.97. The number of nitrogens with zero attached hydrogens (tertiary/aromatic N) is 1. The third-order valence-electron chi connectivity index (χ3n) is 3.36. The first-order valence-corrected chi connectivity index (χ1v) is 5.78. The molecule has 1 aliphatic heterocycles. The van der Waals surface area contributed by atoms with Gasteiger partial charge in [-0.25, -0.2) is 0 Å². The number of rotatable bonds is 0. The molecule has 3 rings (SSSR count). The number of hydrogen-bond donors (Lipinski definition) is 1. The summed E-state index contributed by atoms with van der Waals surface area (Å²) < 4.78 is 1.04. The summed E-state index contributed by atoms with van der Waals surface area (Å²) in [6, 6.07) is 5.87. The topological polar surface area (TPSA) is 32.3 Å². The van der Waals surface area contributed by atoms with Crippen LogP contribution < -0.4 is 10.2 Å². The number of nitrogens with one attached hydrogen (secondary N) is 1. The second-order valence-corrected chi connectivity index (χ2v) is 5.04. The second-order valence-electron chi connectivity index (χ2n) is 4.18. The van der Waals surface area contributed by atoms with Crippen LogP contribution in [0, 0.1) is 0 Å². The van der Waals surface area contributed by atoms with Crippen LogP contribution in [0.4, 0.5) is 11.4 Å². The maximum Gasteiger partial charge on any atom is 0.250 e. The summed E-state index contributed by atoms with van der Waals surface area (Å²) >= 11 is 3.53. The number of hydrogen-bond acceptors (Lipinski definition) is 2. The Hall–Kier alpha value is -1.03. The number of amides is 1. The van der Waals surface area contributed by atoms with E-state index in [1.165, 1.54) is 0 Å². The first-order chi connectivity index (χ1) is 7.15. The van der Waals surface area contributed by atoms with Crippen molar-refractivity contribution in [2.75, 3.05) is 17.3 Å². The van der Waals surface area contributed by atoms with Crippen molar-refractivity contribution in [1.82, 2.24) is 0 Å². The molecule has 15 heavy (non-hydrogen) atoms. The molecule has 1 aliphatic carbocycles. The van der Waals surface area contributed by atoms with Gasteiger partial charge < -0.3 is 10.2 Å². The number of para-hydroxylation sites is 1. The van der Waals surface area contributed by atoms with Gasteiger partial charge in [0, 0.05) is 11.5 Å². The lowest BCUT2D eigenvalue weighted by Crippen LogP contribution is -2.48. The van der Waals surface area contributed by atoms with Crippen LogP contribution in [-0.4, -0.2) is 18.5 Å². The van der Waals surface area contributed by atoms with E-state index in [0.29, 0.717) is 0 Å². The Morgan fingerprint density at radius 2 is 2.20 bits per heavy atom. The highest BCUT2D eigenvalue weighted by atomic mass is 79.9. The number of halogens is 1. The average Bonchev–Trinajstić information content (AvgIpc) is 2.96. The van der Waals surface area contributed by atoms with Crippen LogP contribution in [0.5, 0.6) is 0 Å². The molecule has 0 saturated heterocycles. The molecule has 78 valence electrons. The molecule has 4 heteroatoms. The van der Waals surface area contributed by atoms with Crippen molar-refractivity contribution >= 4 is 33.2 Å². The molecule has 3 nitrogen and oxygen atoms in total. The smallest absolute Gasteiger partial charge is 0.250 e. The van der Waals surface area contributed by atoms with E-state index in [1.54, 1.807) is 0 Å². The summed E-state index contributed by atoms with van der Waals surface area (Å²) in [4.78, 5) is 14.0. The van der Waals surface area contributed by atoms with Gasteiger partial charge in [0.2, 0.25) is 5.91 Å². The predicted octanol–water partition coefficient (Wildman–Crippen LogP) is 2.37. The fourth-order valence-corrected chi connectivity index (χ4v) is 2.88. The van der Waals surface area contributed by atoms with Crippen molar-refractivity contribution < 1.29 is 4.79 Å². The van der Waals surface area contributed by atoms with Gasteiger partial charge in [-0.05, 0) is 40.9 Å². The number of fused-ring (bicyclic) bond motifs is 1. The van der Waals surface area contributed by atoms with E-state index >= 15 is 0 Å². The van der Waals surface area contributed by atoms with Crippen molar-refractivity contribution in [3.8, 4) is 0 Å². The fraction of sp³-hybridized carbons (Fsp3) is 0.364. The van der Waals surface area contributed by atoms with Gasteiger partial charge >= 0.3 is 0 Å². The molecule has 0 atom stereocenters. The molecule has 1 aromatic carbocycles. The van der Waals surface area contributed by atoms with Crippen molar-refractivity contribution in [3.63, 3.8) is 0 Å². The number of carbonyl (C=O) groups is 1. The first-order valence-electron chi connectivity index (χ1n) is 4.99. The van der Waals surface area contributed by atoms with E-state index in [0.717, 1.165) is 28.7 Å². The molecule has 0 radical (unpaired) electrons. The number of benzene rings is 1. The van der Waals surface area contributed by atoms with Crippen LogP contribution in [0.1, 0.15) is 12.8 Å². The summed E-state index contributed by atoms with van der Waals surface area (Å²) in [7, 11) is 2.00. The fourth-order valence-electron chi connectivity index (χ4n) is 2.24. The van der Waals surface area contributed by atoms with Gasteiger partial charge in [-0.3, -0.25) is 4.79 Å². The van der Waals surface area contributed by atoms with Crippen molar-refractivity contribution in [2.24, 2.45) is 0 Å². The third-order valence-corrected chi connectivity index (χ3v) is 4.00. The van der Waals surface area contributed by atoms with Gasteiger partial charge in [-0.2, -0.15) is 0 Å². The molecular formula is C11H11BrN2O. The molecule has 1 heterocycles. The van der Waals surface area contributed by atoms with Gasteiger partial charge in [0.25, 0.3) is 0 Å². The molecular weight excluding hydrogens is 256 g/mol. The van der Waals surface area contributed by atoms with Gasteiger partial charge in [-0.1, -0.05) is 6.07 Å². The minimum atomic E-state index is -0.267. The standard InChI is InChI=1S/C11H11BrN2O/c1-14-9-7(12)3-2-4-8(9)13-10(15)11(14)5-6-11/h2-4H,5-6H2,1H3,(H,13,15). The minimum Gasteiger partial charge on any atom is -0.358 e. The first kappa shape index (κ1) is 9.21. The van der Waals surface area contributed by atoms with Crippen molar-refractivity contribution in [1.29, 1.82) is 0 Å². The van der Waals surface area contributed by atoms with E-state index < -0.39 is 0 Å². The van der Waals surface area contributed by atoms with Crippen LogP contribution in [0.25, 0.3) is 0 Å². The SMILES string of the molecule is CN1c2c(Br)cccc2NC(=O)C12CC2. The Morgan fingerprint density at radius 3 is 2.87 bits per heavy atom. The zero-order valence-electron chi connectivity index (χ0n) is 8.38. The summed E-state index contributed by atoms with van der Waals surface area (Å²) in [5.74, 6) is 0.135. The summed E-state index contributed by atoms with van der Waals surface area (Å²) in [6.07, 6.45) is 1.91. The normalized spacial score (nSPS) is 21.2. The summed E-state index contributed by atoms with van der Waals surface area (Å²) in [6.45, 7) is 0. The molecule has 1 amide bonds. The lowest BCUT2D eigenvalue weighted by atomic mass is 10.1. The molecule has 1 fully saturated rings. The Kier molecular flexibility index (Phi) is 1.69. The Balaban J connectivity index is 2.19. The number of anilines is 2. The highest BCUT2D eigenvalue weighted by molar-refractivity contribution is 9.10. The van der Waals surface area contributed by atoms with Crippen molar-refractivity contribution in [2.45, 2.75) is 18.4 Å². The molecule has 0 bridgehead atoms. The monoisotopic (exact) mass is 266 g/mol. The van der Waals surface area contributed by atoms with Gasteiger partial charge in [-0.15, -0.1) is 0 Å². The van der Waals surface area contributed by atoms with E-state index in [2.05, 4.69) is 26.1 Å². The Bertz CT molecular complexity index is 454. The van der Waals surface area contributed by atoms with Gasteiger partial charge in [0.1, 0.15) is 5.54 Å². The zero-order chi connectivity index (χ0) is 10.6. The predicted molar refractivity (Wildman–Crippen MR) is 63.1 cm³/mol. The molecule has 2 aliphatic rings. The second kappa shape index (κ2) is 2.76. The van der Waals surface area contributed by atoms with Crippen LogP contribution in [0.3, 0.4) is 0 Å². The highest BCUT2D eigenvalue weighted by Crippen LogP contribution is 2.51. The molecule has 1 spiro atoms. The number of carbonyl (C=O) groups excluding carboxylic acids is 1. The number of likely N-dealkylation sites (N-methyl/N-ethyl adjacent to an activating group) is 1. The van der Waals surface area contributed by atoms with E-state index in [1.807, 2.05) is 25.2 Å². The molecule has 1 N–H and O–H groups in total. The van der Waals surface area contributed by atoms with Crippen molar-refractivity contribution in [3.05, 3.63) is 22.7 Å². The lowest BCUT2D eigenvalue weighted by molar-refractivity contribution is -0.118. The highest BCUT2D eigenvalue weighted by Gasteiger charge is 2.56. The van der Waals surface area contributed by atoms with E-state index in [9.17, 15) is 4.79 Å². The average molecular weight is 267 g/mol. The molecule has 1 aromatic rings.